The lowest BCUT2D eigenvalue weighted by Gasteiger charge is -2.17. The maximum atomic E-state index is 11.4. The Kier molecular flexibility index (Phi) is 9.13. The summed E-state index contributed by atoms with van der Waals surface area (Å²) in [6.07, 6.45) is -1.29. The number of aliphatic hydroxyl groups excluding tert-OH is 1. The molecule has 10 nitrogen and oxygen atoms in total. The molecular formula is C11H20N4O6S. The lowest BCUT2D eigenvalue weighted by Crippen LogP contribution is -2.51. The van der Waals surface area contributed by atoms with Crippen LogP contribution in [0.5, 0.6) is 0 Å². The highest BCUT2D eigenvalue weighted by Crippen LogP contribution is 1.92. The van der Waals surface area contributed by atoms with Gasteiger partial charge in [0.2, 0.25) is 17.7 Å². The normalized spacial score (nSPS) is 14.4. The smallest absolute Gasteiger partial charge is 0.328 e. The molecule has 0 aromatic carbocycles. The summed E-state index contributed by atoms with van der Waals surface area (Å²) < 4.78 is 0. The Morgan fingerprint density at radius 1 is 1.14 bits per heavy atom. The number of carbonyl (C=O) groups excluding carboxylic acids is 3. The largest absolute Gasteiger partial charge is 0.480 e. The molecule has 0 saturated carbocycles. The van der Waals surface area contributed by atoms with Crippen LogP contribution in [-0.4, -0.2) is 70.9 Å². The maximum absolute atomic E-state index is 11.4. The van der Waals surface area contributed by atoms with Crippen molar-refractivity contribution in [1.29, 1.82) is 0 Å². The molecular weight excluding hydrogens is 316 g/mol. The Labute approximate surface area is 132 Å². The third-order valence-corrected chi connectivity index (χ3v) is 2.86. The molecule has 0 aliphatic rings. The van der Waals surface area contributed by atoms with Gasteiger partial charge in [0.1, 0.15) is 0 Å². The number of carboxylic acid groups (broad SMARTS) is 1. The summed E-state index contributed by atoms with van der Waals surface area (Å²) in [6.45, 7) is 0.327. The van der Waals surface area contributed by atoms with Gasteiger partial charge in [-0.1, -0.05) is 0 Å². The van der Waals surface area contributed by atoms with Gasteiger partial charge in [0.15, 0.2) is 6.04 Å². The van der Waals surface area contributed by atoms with E-state index < -0.39 is 48.4 Å². The first-order chi connectivity index (χ1) is 10.2. The summed E-state index contributed by atoms with van der Waals surface area (Å²) in [5.41, 5.74) is 5.37. The quantitative estimate of drug-likeness (QED) is 0.213. The predicted octanol–water partition coefficient (Wildman–Crippen LogP) is -3.57. The van der Waals surface area contributed by atoms with Crippen LogP contribution in [0.15, 0.2) is 0 Å². The predicted molar refractivity (Wildman–Crippen MR) is 79.1 cm³/mol. The second kappa shape index (κ2) is 9.97. The van der Waals surface area contributed by atoms with Gasteiger partial charge in [-0.25, -0.2) is 4.79 Å². The lowest BCUT2D eigenvalue weighted by atomic mass is 10.2. The molecule has 3 atom stereocenters. The average Bonchev–Trinajstić information content (AvgIpc) is 2.46. The highest BCUT2D eigenvalue weighted by Gasteiger charge is 2.24. The number of carboxylic acids is 1. The first-order valence-corrected chi connectivity index (χ1v) is 6.93. The molecule has 0 bridgehead atoms. The van der Waals surface area contributed by atoms with Crippen LogP contribution in [0.25, 0.3) is 0 Å². The Morgan fingerprint density at radius 2 is 1.68 bits per heavy atom. The number of carbonyl (C=O) groups is 4. The number of rotatable bonds is 9. The molecule has 0 spiro atoms. The second-order valence-electron chi connectivity index (χ2n) is 4.41. The molecule has 0 aromatic rings. The molecule has 0 fully saturated rings. The average molecular weight is 336 g/mol. The van der Waals surface area contributed by atoms with Gasteiger partial charge in [0.25, 0.3) is 0 Å². The molecule has 0 saturated heterocycles. The minimum Gasteiger partial charge on any atom is -0.480 e. The monoisotopic (exact) mass is 336 g/mol. The van der Waals surface area contributed by atoms with E-state index in [1.807, 2.05) is 5.32 Å². The van der Waals surface area contributed by atoms with E-state index in [9.17, 15) is 24.3 Å². The van der Waals surface area contributed by atoms with Crippen LogP contribution in [0.3, 0.4) is 0 Å². The third-order valence-electron chi connectivity index (χ3n) is 2.47. The van der Waals surface area contributed by atoms with Gasteiger partial charge in [0, 0.05) is 5.75 Å². The SMILES string of the molecule is CC(O)C(NC(=O)CNC(=O)CNC(=O)C(N)CS)C(=O)O. The van der Waals surface area contributed by atoms with Gasteiger partial charge in [-0.2, -0.15) is 12.6 Å². The van der Waals surface area contributed by atoms with E-state index in [0.29, 0.717) is 0 Å². The van der Waals surface area contributed by atoms with Crippen LogP contribution in [0.2, 0.25) is 0 Å². The van der Waals surface area contributed by atoms with Gasteiger partial charge >= 0.3 is 5.97 Å². The zero-order chi connectivity index (χ0) is 17.3. The van der Waals surface area contributed by atoms with E-state index in [1.165, 1.54) is 6.92 Å². The van der Waals surface area contributed by atoms with E-state index >= 15 is 0 Å². The fraction of sp³-hybridized carbons (Fsp3) is 0.636. The molecule has 0 heterocycles. The van der Waals surface area contributed by atoms with Crippen molar-refractivity contribution in [2.45, 2.75) is 25.1 Å². The van der Waals surface area contributed by atoms with E-state index in [2.05, 4.69) is 23.3 Å². The minimum absolute atomic E-state index is 0.117. The lowest BCUT2D eigenvalue weighted by molar-refractivity contribution is -0.144. The van der Waals surface area contributed by atoms with Gasteiger partial charge in [-0.05, 0) is 6.92 Å². The molecule has 3 unspecified atom stereocenters. The number of hydrogen-bond donors (Lipinski definition) is 7. The van der Waals surface area contributed by atoms with Crippen molar-refractivity contribution in [3.05, 3.63) is 0 Å². The summed E-state index contributed by atoms with van der Waals surface area (Å²) >= 11 is 3.82. The summed E-state index contributed by atoms with van der Waals surface area (Å²) in [4.78, 5) is 44.9. The summed E-state index contributed by atoms with van der Waals surface area (Å²) in [5, 5.41) is 24.4. The Hall–Kier alpha value is -1.85. The molecule has 0 aliphatic carbocycles. The number of aliphatic carboxylic acids is 1. The number of thiol groups is 1. The molecule has 0 rings (SSSR count). The van der Waals surface area contributed by atoms with E-state index in [-0.39, 0.29) is 12.3 Å². The highest BCUT2D eigenvalue weighted by molar-refractivity contribution is 7.80. The van der Waals surface area contributed by atoms with E-state index in [1.54, 1.807) is 0 Å². The molecule has 0 aromatic heterocycles. The second-order valence-corrected chi connectivity index (χ2v) is 4.77. The first-order valence-electron chi connectivity index (χ1n) is 6.30. The van der Waals surface area contributed by atoms with Crippen molar-refractivity contribution in [3.63, 3.8) is 0 Å². The molecule has 22 heavy (non-hydrogen) atoms. The Bertz CT molecular complexity index is 431. The van der Waals surface area contributed by atoms with Crippen molar-refractivity contribution in [3.8, 4) is 0 Å². The van der Waals surface area contributed by atoms with Crippen LogP contribution >= 0.6 is 12.6 Å². The van der Waals surface area contributed by atoms with Crippen molar-refractivity contribution in [2.75, 3.05) is 18.8 Å². The number of amides is 3. The molecule has 126 valence electrons. The van der Waals surface area contributed by atoms with Gasteiger partial charge in [-0.3, -0.25) is 14.4 Å². The minimum atomic E-state index is -1.47. The Balaban J connectivity index is 4.12. The van der Waals surface area contributed by atoms with Crippen LogP contribution in [0.4, 0.5) is 0 Å². The standard InChI is InChI=1S/C11H20N4O6S/c1-5(16)9(11(20)21)15-8(18)3-13-7(17)2-14-10(19)6(12)4-22/h5-6,9,16,22H,2-4,12H2,1H3,(H,13,17)(H,14,19)(H,15,18)(H,20,21). The van der Waals surface area contributed by atoms with E-state index in [4.69, 9.17) is 10.8 Å². The molecule has 7 N–H and O–H groups in total. The summed E-state index contributed by atoms with van der Waals surface area (Å²) in [5.74, 6) is -3.29. The third kappa shape index (κ3) is 7.81. The number of hydrogen-bond acceptors (Lipinski definition) is 7. The number of nitrogens with one attached hydrogen (secondary N) is 3. The summed E-state index contributed by atoms with van der Waals surface area (Å²) in [7, 11) is 0. The van der Waals surface area contributed by atoms with Crippen LogP contribution in [0, 0.1) is 0 Å². The first kappa shape index (κ1) is 20.1. The highest BCUT2D eigenvalue weighted by atomic mass is 32.1. The van der Waals surface area contributed by atoms with Gasteiger partial charge in [0.05, 0.1) is 25.2 Å². The zero-order valence-corrected chi connectivity index (χ0v) is 12.8. The van der Waals surface area contributed by atoms with Gasteiger partial charge < -0.3 is 31.9 Å². The zero-order valence-electron chi connectivity index (χ0n) is 11.9. The molecule has 11 heteroatoms. The van der Waals surface area contributed by atoms with Crippen LogP contribution < -0.4 is 21.7 Å². The van der Waals surface area contributed by atoms with Crippen molar-refractivity contribution in [2.24, 2.45) is 5.73 Å². The van der Waals surface area contributed by atoms with Crippen molar-refractivity contribution in [1.82, 2.24) is 16.0 Å². The Morgan fingerprint density at radius 3 is 2.14 bits per heavy atom. The topological polar surface area (TPSA) is 171 Å². The van der Waals surface area contributed by atoms with Crippen LogP contribution in [0.1, 0.15) is 6.92 Å². The molecule has 0 radical (unpaired) electrons. The maximum Gasteiger partial charge on any atom is 0.328 e. The van der Waals surface area contributed by atoms with E-state index in [0.717, 1.165) is 0 Å². The number of nitrogens with two attached hydrogens (primary N) is 1. The fourth-order valence-corrected chi connectivity index (χ4v) is 1.40. The molecule has 3 amide bonds. The van der Waals surface area contributed by atoms with Crippen LogP contribution in [-0.2, 0) is 19.2 Å². The molecule has 0 aliphatic heterocycles. The van der Waals surface area contributed by atoms with Crippen molar-refractivity contribution >= 4 is 36.3 Å². The van der Waals surface area contributed by atoms with Crippen molar-refractivity contribution < 1.29 is 29.4 Å². The number of aliphatic hydroxyl groups is 1. The van der Waals surface area contributed by atoms with Gasteiger partial charge in [-0.15, -0.1) is 0 Å². The summed E-state index contributed by atoms with van der Waals surface area (Å²) in [6, 6.07) is -2.32. The fourth-order valence-electron chi connectivity index (χ4n) is 1.24.